The van der Waals surface area contributed by atoms with Crippen molar-refractivity contribution in [3.8, 4) is 11.3 Å². The summed E-state index contributed by atoms with van der Waals surface area (Å²) in [4.78, 5) is 22.8. The van der Waals surface area contributed by atoms with Crippen molar-refractivity contribution >= 4 is 17.4 Å². The molecule has 2 heterocycles. The molecule has 1 saturated heterocycles. The molecule has 5 nitrogen and oxygen atoms in total. The number of anilines is 2. The third kappa shape index (κ3) is 3.62. The highest BCUT2D eigenvalue weighted by Crippen LogP contribution is 2.27. The Morgan fingerprint density at radius 2 is 1.81 bits per heavy atom. The minimum atomic E-state index is -0.789. The van der Waals surface area contributed by atoms with Crippen LogP contribution in [0.1, 0.15) is 0 Å². The SMILES string of the molecule is O=C(Nc1ccc(F)cc1F)C1CN(c2cc(-c3ccccc3)ncn2)C1. The topological polar surface area (TPSA) is 58.1 Å². The predicted octanol–water partition coefficient (Wildman–Crippen LogP) is 3.50. The van der Waals surface area contributed by atoms with E-state index in [2.05, 4.69) is 15.3 Å². The maximum absolute atomic E-state index is 13.7. The summed E-state index contributed by atoms with van der Waals surface area (Å²) in [7, 11) is 0. The molecular weight excluding hydrogens is 350 g/mol. The largest absolute Gasteiger partial charge is 0.355 e. The molecule has 1 aromatic heterocycles. The molecule has 0 atom stereocenters. The van der Waals surface area contributed by atoms with E-state index >= 15 is 0 Å². The molecule has 4 rings (SSSR count). The zero-order valence-corrected chi connectivity index (χ0v) is 14.3. The van der Waals surface area contributed by atoms with Crippen LogP contribution in [0.25, 0.3) is 11.3 Å². The molecule has 27 heavy (non-hydrogen) atoms. The van der Waals surface area contributed by atoms with Gasteiger partial charge in [0, 0.05) is 30.8 Å². The zero-order chi connectivity index (χ0) is 18.8. The smallest absolute Gasteiger partial charge is 0.231 e. The summed E-state index contributed by atoms with van der Waals surface area (Å²) in [5, 5.41) is 2.51. The molecule has 1 aliphatic heterocycles. The second-order valence-electron chi connectivity index (χ2n) is 6.34. The number of halogens is 2. The Morgan fingerprint density at radius 3 is 2.56 bits per heavy atom. The second kappa shape index (κ2) is 7.11. The van der Waals surface area contributed by atoms with Gasteiger partial charge in [-0.15, -0.1) is 0 Å². The van der Waals surface area contributed by atoms with Gasteiger partial charge in [0.05, 0.1) is 17.3 Å². The van der Waals surface area contributed by atoms with E-state index in [0.717, 1.165) is 29.2 Å². The summed E-state index contributed by atoms with van der Waals surface area (Å²) in [6.07, 6.45) is 1.50. The second-order valence-corrected chi connectivity index (χ2v) is 6.34. The van der Waals surface area contributed by atoms with Crippen LogP contribution in [0.15, 0.2) is 60.9 Å². The maximum Gasteiger partial charge on any atom is 0.231 e. The van der Waals surface area contributed by atoms with E-state index in [1.165, 1.54) is 12.4 Å². The lowest BCUT2D eigenvalue weighted by atomic mass is 9.98. The average Bonchev–Trinajstić information content (AvgIpc) is 2.64. The van der Waals surface area contributed by atoms with Crippen LogP contribution in [-0.2, 0) is 4.79 Å². The number of nitrogens with one attached hydrogen (secondary N) is 1. The van der Waals surface area contributed by atoms with E-state index in [4.69, 9.17) is 0 Å². The highest BCUT2D eigenvalue weighted by molar-refractivity contribution is 5.94. The van der Waals surface area contributed by atoms with E-state index in [-0.39, 0.29) is 17.5 Å². The number of rotatable bonds is 4. The molecule has 7 heteroatoms. The summed E-state index contributed by atoms with van der Waals surface area (Å²) in [5.41, 5.74) is 1.78. The molecule has 0 aliphatic carbocycles. The van der Waals surface area contributed by atoms with Crippen LogP contribution in [-0.4, -0.2) is 29.0 Å². The molecule has 1 fully saturated rings. The van der Waals surface area contributed by atoms with Gasteiger partial charge in [-0.1, -0.05) is 30.3 Å². The van der Waals surface area contributed by atoms with Crippen molar-refractivity contribution in [2.24, 2.45) is 5.92 Å². The Bertz CT molecular complexity index is 975. The first-order valence-corrected chi connectivity index (χ1v) is 8.48. The van der Waals surface area contributed by atoms with Crippen molar-refractivity contribution in [3.05, 3.63) is 72.6 Å². The number of carbonyl (C=O) groups excluding carboxylic acids is 1. The predicted molar refractivity (Wildman–Crippen MR) is 98.2 cm³/mol. The van der Waals surface area contributed by atoms with Crippen molar-refractivity contribution in [3.63, 3.8) is 0 Å². The minimum absolute atomic E-state index is 0.0201. The van der Waals surface area contributed by atoms with Gasteiger partial charge in [0.15, 0.2) is 0 Å². The standard InChI is InChI=1S/C20H16F2N4O/c21-15-6-7-17(16(22)8-15)25-20(27)14-10-26(11-14)19-9-18(23-12-24-19)13-4-2-1-3-5-13/h1-9,12,14H,10-11H2,(H,25,27). The first-order chi connectivity index (χ1) is 13.1. The number of carbonyl (C=O) groups is 1. The van der Waals surface area contributed by atoms with Gasteiger partial charge in [0.25, 0.3) is 0 Å². The Hall–Kier alpha value is -3.35. The van der Waals surface area contributed by atoms with Crippen LogP contribution in [0.4, 0.5) is 20.3 Å². The van der Waals surface area contributed by atoms with Gasteiger partial charge in [-0.05, 0) is 12.1 Å². The molecular formula is C20H16F2N4O. The fraction of sp³-hybridized carbons (Fsp3) is 0.150. The van der Waals surface area contributed by atoms with E-state index in [1.54, 1.807) is 0 Å². The molecule has 0 saturated carbocycles. The molecule has 0 bridgehead atoms. The van der Waals surface area contributed by atoms with Gasteiger partial charge in [-0.25, -0.2) is 18.7 Å². The monoisotopic (exact) mass is 366 g/mol. The van der Waals surface area contributed by atoms with Crippen LogP contribution in [0, 0.1) is 17.6 Å². The minimum Gasteiger partial charge on any atom is -0.355 e. The summed E-state index contributed by atoms with van der Waals surface area (Å²) in [6.45, 7) is 0.944. The van der Waals surface area contributed by atoms with Crippen LogP contribution in [0.3, 0.4) is 0 Å². The molecule has 1 aliphatic rings. The third-order valence-electron chi connectivity index (χ3n) is 4.49. The van der Waals surface area contributed by atoms with Gasteiger partial charge in [0.1, 0.15) is 23.8 Å². The van der Waals surface area contributed by atoms with E-state index in [9.17, 15) is 13.6 Å². The van der Waals surface area contributed by atoms with E-state index in [0.29, 0.717) is 13.1 Å². The molecule has 2 aromatic carbocycles. The number of hydrogen-bond acceptors (Lipinski definition) is 4. The molecule has 3 aromatic rings. The number of hydrogen-bond donors (Lipinski definition) is 1. The lowest BCUT2D eigenvalue weighted by Crippen LogP contribution is -2.52. The first-order valence-electron chi connectivity index (χ1n) is 8.48. The van der Waals surface area contributed by atoms with Crippen LogP contribution < -0.4 is 10.2 Å². The van der Waals surface area contributed by atoms with E-state index < -0.39 is 11.6 Å². The van der Waals surface area contributed by atoms with Crippen molar-refractivity contribution in [1.82, 2.24) is 9.97 Å². The van der Waals surface area contributed by atoms with Gasteiger partial charge in [-0.2, -0.15) is 0 Å². The Morgan fingerprint density at radius 1 is 1.04 bits per heavy atom. The normalized spacial score (nSPS) is 13.9. The molecule has 136 valence electrons. The Balaban J connectivity index is 1.40. The van der Waals surface area contributed by atoms with E-state index in [1.807, 2.05) is 41.3 Å². The maximum atomic E-state index is 13.7. The van der Waals surface area contributed by atoms with Crippen molar-refractivity contribution in [2.45, 2.75) is 0 Å². The van der Waals surface area contributed by atoms with Gasteiger partial charge in [0.2, 0.25) is 5.91 Å². The van der Waals surface area contributed by atoms with Crippen LogP contribution in [0.2, 0.25) is 0 Å². The van der Waals surface area contributed by atoms with Crippen LogP contribution >= 0.6 is 0 Å². The molecule has 0 spiro atoms. The fourth-order valence-corrected chi connectivity index (χ4v) is 2.94. The van der Waals surface area contributed by atoms with Crippen molar-refractivity contribution in [1.29, 1.82) is 0 Å². The average molecular weight is 366 g/mol. The number of aromatic nitrogens is 2. The highest BCUT2D eigenvalue weighted by atomic mass is 19.1. The molecule has 1 amide bonds. The highest BCUT2D eigenvalue weighted by Gasteiger charge is 2.34. The Kier molecular flexibility index (Phi) is 4.50. The third-order valence-corrected chi connectivity index (χ3v) is 4.49. The lowest BCUT2D eigenvalue weighted by Gasteiger charge is -2.39. The van der Waals surface area contributed by atoms with Gasteiger partial charge < -0.3 is 10.2 Å². The van der Waals surface area contributed by atoms with Crippen LogP contribution in [0.5, 0.6) is 0 Å². The first kappa shape index (κ1) is 17.1. The number of nitrogens with zero attached hydrogens (tertiary/aromatic N) is 3. The zero-order valence-electron chi connectivity index (χ0n) is 14.3. The summed E-state index contributed by atoms with van der Waals surface area (Å²) in [5.74, 6) is -1.32. The lowest BCUT2D eigenvalue weighted by molar-refractivity contribution is -0.120. The summed E-state index contributed by atoms with van der Waals surface area (Å²) < 4.78 is 26.6. The van der Waals surface area contributed by atoms with Gasteiger partial charge in [-0.3, -0.25) is 4.79 Å². The van der Waals surface area contributed by atoms with Gasteiger partial charge >= 0.3 is 0 Å². The summed E-state index contributed by atoms with van der Waals surface area (Å²) in [6, 6.07) is 14.7. The van der Waals surface area contributed by atoms with Crippen molar-refractivity contribution < 1.29 is 13.6 Å². The Labute approximate surface area is 154 Å². The fourth-order valence-electron chi connectivity index (χ4n) is 2.94. The summed E-state index contributed by atoms with van der Waals surface area (Å²) >= 11 is 0. The molecule has 0 radical (unpaired) electrons. The van der Waals surface area contributed by atoms with Crippen molar-refractivity contribution in [2.75, 3.05) is 23.3 Å². The quantitative estimate of drug-likeness (QED) is 0.768. The number of amides is 1. The number of benzene rings is 2. The molecule has 1 N–H and O–H groups in total. The molecule has 0 unspecified atom stereocenters.